The molecule has 1 nitrogen and oxygen atoms in total. The fourth-order valence-electron chi connectivity index (χ4n) is 2.77. The van der Waals surface area contributed by atoms with Crippen molar-refractivity contribution >= 4 is 34.8 Å². The zero-order chi connectivity index (χ0) is 14.3. The van der Waals surface area contributed by atoms with Crippen molar-refractivity contribution in [3.63, 3.8) is 0 Å². The first-order valence-electron chi connectivity index (χ1n) is 6.37. The lowest BCUT2D eigenvalue weighted by atomic mass is 9.93. The van der Waals surface area contributed by atoms with E-state index in [0.29, 0.717) is 10.0 Å². The SMILES string of the molecule is COc1ccc2c(c1)[C@@H](Cl)C[C@H]2c1ccc(Cl)c(Cl)c1. The average molecular weight is 328 g/mol. The Hall–Kier alpha value is -0.890. The molecule has 0 spiro atoms. The first-order valence-corrected chi connectivity index (χ1v) is 7.56. The van der Waals surface area contributed by atoms with Crippen molar-refractivity contribution in [1.29, 1.82) is 0 Å². The van der Waals surface area contributed by atoms with E-state index in [9.17, 15) is 0 Å². The van der Waals surface area contributed by atoms with Gasteiger partial charge >= 0.3 is 0 Å². The van der Waals surface area contributed by atoms with Crippen LogP contribution in [0.1, 0.15) is 34.4 Å². The van der Waals surface area contributed by atoms with Crippen LogP contribution >= 0.6 is 34.8 Å². The van der Waals surface area contributed by atoms with Gasteiger partial charge in [-0.1, -0.05) is 35.3 Å². The summed E-state index contributed by atoms with van der Waals surface area (Å²) >= 11 is 18.6. The summed E-state index contributed by atoms with van der Waals surface area (Å²) < 4.78 is 5.27. The van der Waals surface area contributed by atoms with E-state index >= 15 is 0 Å². The Balaban J connectivity index is 2.04. The third-order valence-corrected chi connectivity index (χ3v) is 4.95. The minimum atomic E-state index is -0.000413. The van der Waals surface area contributed by atoms with Gasteiger partial charge in [-0.2, -0.15) is 0 Å². The Labute approximate surface area is 133 Å². The molecule has 2 atom stereocenters. The molecule has 2 aromatic rings. The van der Waals surface area contributed by atoms with Crippen molar-refractivity contribution in [1.82, 2.24) is 0 Å². The van der Waals surface area contributed by atoms with Gasteiger partial charge in [0.05, 0.1) is 22.5 Å². The lowest BCUT2D eigenvalue weighted by molar-refractivity contribution is 0.414. The van der Waals surface area contributed by atoms with Gasteiger partial charge in [0.25, 0.3) is 0 Å². The molecule has 1 aliphatic rings. The topological polar surface area (TPSA) is 9.23 Å². The van der Waals surface area contributed by atoms with Gasteiger partial charge in [-0.25, -0.2) is 0 Å². The van der Waals surface area contributed by atoms with Gasteiger partial charge in [0, 0.05) is 5.92 Å². The van der Waals surface area contributed by atoms with Crippen molar-refractivity contribution in [2.75, 3.05) is 7.11 Å². The molecule has 0 saturated heterocycles. The first-order chi connectivity index (χ1) is 9.60. The minimum absolute atomic E-state index is 0.000413. The Morgan fingerprint density at radius 1 is 1.00 bits per heavy atom. The Morgan fingerprint density at radius 3 is 2.50 bits per heavy atom. The number of alkyl halides is 1. The number of methoxy groups -OCH3 is 1. The molecule has 3 rings (SSSR count). The zero-order valence-electron chi connectivity index (χ0n) is 10.9. The van der Waals surface area contributed by atoms with Crippen molar-refractivity contribution in [3.8, 4) is 5.75 Å². The summed E-state index contributed by atoms with van der Waals surface area (Å²) in [6.07, 6.45) is 0.863. The van der Waals surface area contributed by atoms with E-state index in [-0.39, 0.29) is 11.3 Å². The number of hydrogen-bond acceptors (Lipinski definition) is 1. The van der Waals surface area contributed by atoms with Gasteiger partial charge in [-0.15, -0.1) is 11.6 Å². The molecule has 2 aromatic carbocycles. The zero-order valence-corrected chi connectivity index (χ0v) is 13.1. The monoisotopic (exact) mass is 326 g/mol. The van der Waals surface area contributed by atoms with E-state index in [1.807, 2.05) is 30.3 Å². The van der Waals surface area contributed by atoms with Gasteiger partial charge in [-0.05, 0) is 47.4 Å². The summed E-state index contributed by atoms with van der Waals surface area (Å²) in [5, 5.41) is 1.16. The molecule has 0 radical (unpaired) electrons. The second kappa shape index (κ2) is 5.48. The lowest BCUT2D eigenvalue weighted by Gasteiger charge is -2.13. The van der Waals surface area contributed by atoms with Gasteiger partial charge in [0.1, 0.15) is 5.75 Å². The molecule has 104 valence electrons. The van der Waals surface area contributed by atoms with E-state index in [2.05, 4.69) is 6.07 Å². The van der Waals surface area contributed by atoms with Crippen LogP contribution in [0.5, 0.6) is 5.75 Å². The molecule has 0 saturated carbocycles. The van der Waals surface area contributed by atoms with E-state index in [1.54, 1.807) is 7.11 Å². The molecule has 0 aromatic heterocycles. The third kappa shape index (κ3) is 2.39. The maximum absolute atomic E-state index is 6.47. The Bertz CT molecular complexity index is 654. The predicted molar refractivity (Wildman–Crippen MR) is 84.5 cm³/mol. The van der Waals surface area contributed by atoms with Crippen LogP contribution in [0.2, 0.25) is 10.0 Å². The summed E-state index contributed by atoms with van der Waals surface area (Å²) in [6.45, 7) is 0. The highest BCUT2D eigenvalue weighted by molar-refractivity contribution is 6.42. The maximum atomic E-state index is 6.47. The maximum Gasteiger partial charge on any atom is 0.119 e. The molecular formula is C16H13Cl3O. The van der Waals surface area contributed by atoms with Crippen LogP contribution in [0.3, 0.4) is 0 Å². The van der Waals surface area contributed by atoms with Crippen LogP contribution < -0.4 is 4.74 Å². The van der Waals surface area contributed by atoms with Crippen LogP contribution in [0.4, 0.5) is 0 Å². The second-order valence-corrected chi connectivity index (χ2v) is 6.27. The first kappa shape index (κ1) is 14.1. The second-order valence-electron chi connectivity index (χ2n) is 4.92. The average Bonchev–Trinajstić information content (AvgIpc) is 2.79. The van der Waals surface area contributed by atoms with Crippen LogP contribution in [-0.4, -0.2) is 7.11 Å². The molecule has 0 bridgehead atoms. The fourth-order valence-corrected chi connectivity index (χ4v) is 3.45. The van der Waals surface area contributed by atoms with Crippen LogP contribution in [-0.2, 0) is 0 Å². The van der Waals surface area contributed by atoms with Crippen molar-refractivity contribution in [3.05, 3.63) is 63.1 Å². The molecule has 0 unspecified atom stereocenters. The lowest BCUT2D eigenvalue weighted by Crippen LogP contribution is -1.96. The van der Waals surface area contributed by atoms with E-state index in [1.165, 1.54) is 5.56 Å². The standard InChI is InChI=1S/C16H13Cl3O/c1-20-10-3-4-11-12(8-15(18)13(11)7-10)9-2-5-14(17)16(19)6-9/h2-7,12,15H,8H2,1H3/t12-,15-/m0/s1. The smallest absolute Gasteiger partial charge is 0.119 e. The normalized spacial score (nSPS) is 20.8. The summed E-state index contributed by atoms with van der Waals surface area (Å²) in [5.41, 5.74) is 3.53. The quantitative estimate of drug-likeness (QED) is 0.632. The number of ether oxygens (including phenoxy) is 1. The summed E-state index contributed by atoms with van der Waals surface area (Å²) in [6, 6.07) is 11.9. The molecule has 0 fully saturated rings. The van der Waals surface area contributed by atoms with E-state index < -0.39 is 0 Å². The number of hydrogen-bond donors (Lipinski definition) is 0. The van der Waals surface area contributed by atoms with Crippen LogP contribution in [0.15, 0.2) is 36.4 Å². The molecule has 0 aliphatic heterocycles. The molecule has 0 N–H and O–H groups in total. The summed E-state index contributed by atoms with van der Waals surface area (Å²) in [7, 11) is 1.66. The van der Waals surface area contributed by atoms with Gasteiger partial charge < -0.3 is 4.74 Å². The number of benzene rings is 2. The number of halogens is 3. The molecule has 20 heavy (non-hydrogen) atoms. The largest absolute Gasteiger partial charge is 0.497 e. The van der Waals surface area contributed by atoms with Crippen molar-refractivity contribution in [2.24, 2.45) is 0 Å². The molecular weight excluding hydrogens is 315 g/mol. The van der Waals surface area contributed by atoms with Crippen molar-refractivity contribution in [2.45, 2.75) is 17.7 Å². The minimum Gasteiger partial charge on any atom is -0.497 e. The van der Waals surface area contributed by atoms with Crippen LogP contribution in [0.25, 0.3) is 0 Å². The van der Waals surface area contributed by atoms with E-state index in [0.717, 1.165) is 23.3 Å². The highest BCUT2D eigenvalue weighted by Gasteiger charge is 2.31. The summed E-state index contributed by atoms with van der Waals surface area (Å²) in [5.74, 6) is 1.09. The van der Waals surface area contributed by atoms with Crippen molar-refractivity contribution < 1.29 is 4.74 Å². The molecule has 4 heteroatoms. The third-order valence-electron chi connectivity index (χ3n) is 3.80. The molecule has 0 amide bonds. The molecule has 1 aliphatic carbocycles. The number of rotatable bonds is 2. The molecule has 0 heterocycles. The van der Waals surface area contributed by atoms with E-state index in [4.69, 9.17) is 39.5 Å². The van der Waals surface area contributed by atoms with Gasteiger partial charge in [-0.3, -0.25) is 0 Å². The Morgan fingerprint density at radius 2 is 1.80 bits per heavy atom. The summed E-state index contributed by atoms with van der Waals surface area (Å²) in [4.78, 5) is 0. The Kier molecular flexibility index (Phi) is 3.85. The highest BCUT2D eigenvalue weighted by Crippen LogP contribution is 2.48. The highest BCUT2D eigenvalue weighted by atomic mass is 35.5. The van der Waals surface area contributed by atoms with Gasteiger partial charge in [0.2, 0.25) is 0 Å². The fraction of sp³-hybridized carbons (Fsp3) is 0.250. The van der Waals surface area contributed by atoms with Gasteiger partial charge in [0.15, 0.2) is 0 Å². The number of fused-ring (bicyclic) bond motifs is 1. The predicted octanol–water partition coefficient (Wildman–Crippen LogP) is 5.82. The van der Waals surface area contributed by atoms with Crippen LogP contribution in [0, 0.1) is 0 Å².